The quantitative estimate of drug-likeness (QED) is 0.757. The summed E-state index contributed by atoms with van der Waals surface area (Å²) < 4.78 is 0. The fourth-order valence-corrected chi connectivity index (χ4v) is 2.82. The molecule has 0 bridgehead atoms. The van der Waals surface area contributed by atoms with E-state index in [1.165, 1.54) is 0 Å². The summed E-state index contributed by atoms with van der Waals surface area (Å²) in [5.74, 6) is 0.439. The predicted octanol–water partition coefficient (Wildman–Crippen LogP) is 3.09. The molecule has 1 aliphatic rings. The molecule has 1 aliphatic carbocycles. The predicted molar refractivity (Wildman–Crippen MR) is 63.4 cm³/mol. The molecule has 1 rings (SSSR count). The first kappa shape index (κ1) is 12.5. The first-order valence-corrected chi connectivity index (χ1v) is 6.00. The van der Waals surface area contributed by atoms with Crippen molar-refractivity contribution in [2.75, 3.05) is 0 Å². The number of hydrogen-bond acceptors (Lipinski definition) is 2. The molecule has 0 aromatic carbocycles. The second-order valence-corrected chi connectivity index (χ2v) is 6.15. The van der Waals surface area contributed by atoms with Crippen molar-refractivity contribution in [3.05, 3.63) is 0 Å². The van der Waals surface area contributed by atoms with Gasteiger partial charge in [0.1, 0.15) is 5.54 Å². The summed E-state index contributed by atoms with van der Waals surface area (Å²) in [4.78, 5) is 0. The highest BCUT2D eigenvalue weighted by Gasteiger charge is 2.44. The third-order valence-electron chi connectivity index (χ3n) is 3.64. The van der Waals surface area contributed by atoms with Gasteiger partial charge in [-0.15, -0.1) is 0 Å². The Morgan fingerprint density at radius 3 is 2.33 bits per heavy atom. The first-order valence-electron chi connectivity index (χ1n) is 6.00. The topological polar surface area (TPSA) is 35.8 Å². The minimum absolute atomic E-state index is 0.288. The maximum atomic E-state index is 9.42. The average molecular weight is 208 g/mol. The minimum atomic E-state index is -0.288. The van der Waals surface area contributed by atoms with Gasteiger partial charge in [0.05, 0.1) is 6.07 Å². The van der Waals surface area contributed by atoms with Gasteiger partial charge in [-0.1, -0.05) is 20.8 Å². The van der Waals surface area contributed by atoms with Gasteiger partial charge in [-0.3, -0.25) is 5.32 Å². The van der Waals surface area contributed by atoms with Crippen LogP contribution in [0.2, 0.25) is 0 Å². The molecule has 2 unspecified atom stereocenters. The van der Waals surface area contributed by atoms with Crippen molar-refractivity contribution < 1.29 is 0 Å². The van der Waals surface area contributed by atoms with Crippen LogP contribution in [0.4, 0.5) is 0 Å². The van der Waals surface area contributed by atoms with E-state index in [9.17, 15) is 5.26 Å². The summed E-state index contributed by atoms with van der Waals surface area (Å²) in [5.41, 5.74) is 0.113. The molecule has 1 fully saturated rings. The van der Waals surface area contributed by atoms with Crippen molar-refractivity contribution in [3.8, 4) is 6.07 Å². The summed E-state index contributed by atoms with van der Waals surface area (Å²) >= 11 is 0. The van der Waals surface area contributed by atoms with Gasteiger partial charge in [0.15, 0.2) is 0 Å². The Morgan fingerprint density at radius 2 is 1.93 bits per heavy atom. The highest BCUT2D eigenvalue weighted by atomic mass is 15.0. The van der Waals surface area contributed by atoms with Gasteiger partial charge in [0.2, 0.25) is 0 Å². The molecule has 0 heterocycles. The fraction of sp³-hybridized carbons (Fsp3) is 0.923. The molecule has 0 amide bonds. The van der Waals surface area contributed by atoms with Crippen LogP contribution in [0.15, 0.2) is 0 Å². The van der Waals surface area contributed by atoms with Crippen LogP contribution in [0.25, 0.3) is 0 Å². The molecule has 2 nitrogen and oxygen atoms in total. The Morgan fingerprint density at radius 1 is 1.33 bits per heavy atom. The van der Waals surface area contributed by atoms with E-state index in [-0.39, 0.29) is 5.54 Å². The second-order valence-electron chi connectivity index (χ2n) is 6.15. The Balaban J connectivity index is 2.81. The van der Waals surface area contributed by atoms with E-state index < -0.39 is 0 Å². The van der Waals surface area contributed by atoms with Crippen LogP contribution in [-0.4, -0.2) is 11.6 Å². The van der Waals surface area contributed by atoms with Crippen molar-refractivity contribution in [2.45, 2.75) is 65.5 Å². The molecule has 0 aliphatic heterocycles. The van der Waals surface area contributed by atoms with Crippen LogP contribution in [0.1, 0.15) is 53.9 Å². The minimum Gasteiger partial charge on any atom is -0.297 e. The zero-order chi connectivity index (χ0) is 11.7. The molecule has 1 saturated carbocycles. The number of rotatable bonds is 2. The maximum absolute atomic E-state index is 9.42. The van der Waals surface area contributed by atoms with Crippen LogP contribution >= 0.6 is 0 Å². The monoisotopic (exact) mass is 208 g/mol. The van der Waals surface area contributed by atoms with Gasteiger partial charge in [0, 0.05) is 6.04 Å². The lowest BCUT2D eigenvalue weighted by atomic mass is 9.64. The number of nitriles is 1. The van der Waals surface area contributed by atoms with Gasteiger partial charge in [-0.05, 0) is 44.4 Å². The molecule has 0 radical (unpaired) electrons. The Labute approximate surface area is 94.1 Å². The van der Waals surface area contributed by atoms with Crippen LogP contribution < -0.4 is 5.32 Å². The van der Waals surface area contributed by atoms with E-state index in [1.807, 2.05) is 0 Å². The lowest BCUT2D eigenvalue weighted by Gasteiger charge is -2.45. The molecular formula is C13H24N2. The average Bonchev–Trinajstić information content (AvgIpc) is 2.09. The standard InChI is InChI=1S/C13H24N2/c1-10(2)15-13(9-14)7-6-12(4,5)8-11(13)3/h10-11,15H,6-8H2,1-5H3. The number of hydrogen-bond donors (Lipinski definition) is 1. The smallest absolute Gasteiger partial charge is 0.109 e. The summed E-state index contributed by atoms with van der Waals surface area (Å²) in [6.45, 7) is 11.1. The Kier molecular flexibility index (Phi) is 3.45. The van der Waals surface area contributed by atoms with Crippen molar-refractivity contribution in [2.24, 2.45) is 11.3 Å². The van der Waals surface area contributed by atoms with E-state index in [0.29, 0.717) is 17.4 Å². The molecule has 1 N–H and O–H groups in total. The highest BCUT2D eigenvalue weighted by molar-refractivity contribution is 5.13. The third-order valence-corrected chi connectivity index (χ3v) is 3.64. The fourth-order valence-electron chi connectivity index (χ4n) is 2.82. The normalized spacial score (nSPS) is 35.1. The molecule has 2 heteroatoms. The third kappa shape index (κ3) is 2.72. The van der Waals surface area contributed by atoms with Gasteiger partial charge in [0.25, 0.3) is 0 Å². The van der Waals surface area contributed by atoms with Crippen LogP contribution in [-0.2, 0) is 0 Å². The SMILES string of the molecule is CC(C)NC1(C#N)CCC(C)(C)CC1C. The van der Waals surface area contributed by atoms with E-state index in [1.54, 1.807) is 0 Å². The van der Waals surface area contributed by atoms with E-state index >= 15 is 0 Å². The first-order chi connectivity index (χ1) is 6.81. The zero-order valence-electron chi connectivity index (χ0n) is 10.7. The summed E-state index contributed by atoms with van der Waals surface area (Å²) in [6.07, 6.45) is 3.26. The largest absolute Gasteiger partial charge is 0.297 e. The lowest BCUT2D eigenvalue weighted by Crippen LogP contribution is -2.55. The van der Waals surface area contributed by atoms with Crippen molar-refractivity contribution in [3.63, 3.8) is 0 Å². The molecule has 2 atom stereocenters. The highest BCUT2D eigenvalue weighted by Crippen LogP contribution is 2.43. The lowest BCUT2D eigenvalue weighted by molar-refractivity contribution is 0.104. The summed E-state index contributed by atoms with van der Waals surface area (Å²) in [6, 6.07) is 2.91. The van der Waals surface area contributed by atoms with Crippen LogP contribution in [0.3, 0.4) is 0 Å². The van der Waals surface area contributed by atoms with Gasteiger partial charge in [-0.2, -0.15) is 5.26 Å². The van der Waals surface area contributed by atoms with Crippen molar-refractivity contribution >= 4 is 0 Å². The van der Waals surface area contributed by atoms with Crippen LogP contribution in [0.5, 0.6) is 0 Å². The number of nitrogens with zero attached hydrogens (tertiary/aromatic N) is 1. The molecule has 0 aromatic heterocycles. The molecular weight excluding hydrogens is 184 g/mol. The molecule has 86 valence electrons. The van der Waals surface area contributed by atoms with Crippen molar-refractivity contribution in [1.29, 1.82) is 5.26 Å². The number of nitrogens with one attached hydrogen (secondary N) is 1. The van der Waals surface area contributed by atoms with Crippen molar-refractivity contribution in [1.82, 2.24) is 5.32 Å². The van der Waals surface area contributed by atoms with Gasteiger partial charge >= 0.3 is 0 Å². The van der Waals surface area contributed by atoms with Crippen LogP contribution in [0, 0.1) is 22.7 Å². The molecule has 0 aromatic rings. The maximum Gasteiger partial charge on any atom is 0.109 e. The van der Waals surface area contributed by atoms with E-state index in [0.717, 1.165) is 19.3 Å². The van der Waals surface area contributed by atoms with E-state index in [4.69, 9.17) is 0 Å². The zero-order valence-corrected chi connectivity index (χ0v) is 10.7. The molecule has 15 heavy (non-hydrogen) atoms. The molecule has 0 saturated heterocycles. The second kappa shape index (κ2) is 4.14. The Hall–Kier alpha value is -0.550. The Bertz CT molecular complexity index is 262. The summed E-state index contributed by atoms with van der Waals surface area (Å²) in [7, 11) is 0. The molecule has 0 spiro atoms. The van der Waals surface area contributed by atoms with E-state index in [2.05, 4.69) is 46.0 Å². The van der Waals surface area contributed by atoms with Gasteiger partial charge < -0.3 is 0 Å². The van der Waals surface area contributed by atoms with Gasteiger partial charge in [-0.25, -0.2) is 0 Å². The summed E-state index contributed by atoms with van der Waals surface area (Å²) in [5, 5.41) is 12.9.